The molecule has 9 nitrogen and oxygen atoms in total. The number of aliphatic carboxylic acids is 1. The molecule has 0 aromatic rings. The summed E-state index contributed by atoms with van der Waals surface area (Å²) < 4.78 is 0. The SMILES string of the molecule is NCCCC[C@H](NC(=O)[C@H](CCCCN)NC(=O)[C@@H]1CCCN1)C(=O)O. The van der Waals surface area contributed by atoms with Crippen molar-refractivity contribution in [1.29, 1.82) is 0 Å². The van der Waals surface area contributed by atoms with Gasteiger partial charge in [0, 0.05) is 0 Å². The molecule has 0 aromatic heterocycles. The van der Waals surface area contributed by atoms with E-state index < -0.39 is 24.0 Å². The van der Waals surface area contributed by atoms with Crippen molar-refractivity contribution in [2.75, 3.05) is 19.6 Å². The Morgan fingerprint density at radius 2 is 1.62 bits per heavy atom. The van der Waals surface area contributed by atoms with Crippen molar-refractivity contribution in [2.45, 2.75) is 69.5 Å². The van der Waals surface area contributed by atoms with Crippen molar-refractivity contribution in [3.8, 4) is 0 Å². The van der Waals surface area contributed by atoms with Crippen LogP contribution in [0.25, 0.3) is 0 Å². The summed E-state index contributed by atoms with van der Waals surface area (Å²) in [6.07, 6.45) is 5.12. The molecular formula is C17H33N5O4. The van der Waals surface area contributed by atoms with Crippen LogP contribution in [0.15, 0.2) is 0 Å². The number of amides is 2. The third-order valence-electron chi connectivity index (χ3n) is 4.52. The predicted molar refractivity (Wildman–Crippen MR) is 98.3 cm³/mol. The van der Waals surface area contributed by atoms with E-state index in [-0.39, 0.29) is 11.9 Å². The van der Waals surface area contributed by atoms with Crippen LogP contribution < -0.4 is 27.4 Å². The fourth-order valence-corrected chi connectivity index (χ4v) is 2.96. The number of carbonyl (C=O) groups excluding carboxylic acids is 2. The molecule has 0 aliphatic carbocycles. The number of hydrogen-bond donors (Lipinski definition) is 6. The minimum absolute atomic E-state index is 0.217. The Hall–Kier alpha value is -1.71. The van der Waals surface area contributed by atoms with E-state index in [2.05, 4.69) is 16.0 Å². The number of unbranched alkanes of at least 4 members (excludes halogenated alkanes) is 2. The van der Waals surface area contributed by atoms with Gasteiger partial charge in [-0.2, -0.15) is 0 Å². The third-order valence-corrected chi connectivity index (χ3v) is 4.52. The summed E-state index contributed by atoms with van der Waals surface area (Å²) >= 11 is 0. The molecule has 0 radical (unpaired) electrons. The van der Waals surface area contributed by atoms with Crippen LogP contribution in [0.4, 0.5) is 0 Å². The van der Waals surface area contributed by atoms with Crippen LogP contribution in [-0.4, -0.2) is 60.6 Å². The molecule has 2 amide bonds. The van der Waals surface area contributed by atoms with Crippen LogP contribution in [0, 0.1) is 0 Å². The van der Waals surface area contributed by atoms with Crippen molar-refractivity contribution < 1.29 is 19.5 Å². The van der Waals surface area contributed by atoms with Gasteiger partial charge in [0.25, 0.3) is 0 Å². The first-order valence-corrected chi connectivity index (χ1v) is 9.46. The lowest BCUT2D eigenvalue weighted by Gasteiger charge is -2.23. The number of nitrogens with two attached hydrogens (primary N) is 2. The lowest BCUT2D eigenvalue weighted by molar-refractivity contribution is -0.142. The standard InChI is InChI=1S/C17H33N5O4/c18-9-3-1-6-13(21-15(23)12-8-5-11-20-12)16(24)22-14(17(25)26)7-2-4-10-19/h12-14,20H,1-11,18-19H2,(H,21,23)(H,22,24)(H,25,26)/t12-,13-,14-/m0/s1. The summed E-state index contributed by atoms with van der Waals surface area (Å²) in [7, 11) is 0. The molecule has 0 saturated carbocycles. The van der Waals surface area contributed by atoms with Gasteiger partial charge in [-0.05, 0) is 71.0 Å². The highest BCUT2D eigenvalue weighted by molar-refractivity contribution is 5.91. The molecule has 9 heteroatoms. The van der Waals surface area contributed by atoms with Gasteiger partial charge in [-0.15, -0.1) is 0 Å². The Labute approximate surface area is 154 Å². The van der Waals surface area contributed by atoms with E-state index in [1.807, 2.05) is 0 Å². The van der Waals surface area contributed by atoms with Crippen LogP contribution in [0.3, 0.4) is 0 Å². The number of hydrogen-bond acceptors (Lipinski definition) is 6. The summed E-state index contributed by atoms with van der Waals surface area (Å²) in [5.41, 5.74) is 10.9. The van der Waals surface area contributed by atoms with E-state index in [9.17, 15) is 19.5 Å². The van der Waals surface area contributed by atoms with E-state index in [0.717, 1.165) is 25.8 Å². The van der Waals surface area contributed by atoms with Gasteiger partial charge in [-0.25, -0.2) is 4.79 Å². The van der Waals surface area contributed by atoms with Gasteiger partial charge in [-0.3, -0.25) is 9.59 Å². The highest BCUT2D eigenvalue weighted by Gasteiger charge is 2.29. The smallest absolute Gasteiger partial charge is 0.326 e. The molecule has 0 bridgehead atoms. The van der Waals surface area contributed by atoms with Crippen molar-refractivity contribution in [1.82, 2.24) is 16.0 Å². The Bertz CT molecular complexity index is 454. The van der Waals surface area contributed by atoms with Gasteiger partial charge in [0.05, 0.1) is 6.04 Å². The molecule has 1 aliphatic rings. The number of nitrogens with one attached hydrogen (secondary N) is 3. The molecule has 1 heterocycles. The van der Waals surface area contributed by atoms with Crippen LogP contribution in [0.5, 0.6) is 0 Å². The average Bonchev–Trinajstić information content (AvgIpc) is 3.14. The molecule has 0 aromatic carbocycles. The monoisotopic (exact) mass is 371 g/mol. The topological polar surface area (TPSA) is 160 Å². The Morgan fingerprint density at radius 3 is 2.12 bits per heavy atom. The zero-order valence-electron chi connectivity index (χ0n) is 15.3. The summed E-state index contributed by atoms with van der Waals surface area (Å²) in [6.45, 7) is 1.76. The average molecular weight is 371 g/mol. The Balaban J connectivity index is 2.64. The van der Waals surface area contributed by atoms with E-state index in [4.69, 9.17) is 11.5 Å². The fourth-order valence-electron chi connectivity index (χ4n) is 2.96. The van der Waals surface area contributed by atoms with Crippen LogP contribution in [-0.2, 0) is 14.4 Å². The number of carboxylic acids is 1. The van der Waals surface area contributed by atoms with E-state index in [0.29, 0.717) is 45.2 Å². The first kappa shape index (κ1) is 22.3. The van der Waals surface area contributed by atoms with Gasteiger partial charge in [0.1, 0.15) is 12.1 Å². The molecule has 0 spiro atoms. The minimum Gasteiger partial charge on any atom is -0.480 e. The second kappa shape index (κ2) is 12.6. The molecule has 8 N–H and O–H groups in total. The second-order valence-electron chi connectivity index (χ2n) is 6.68. The zero-order valence-corrected chi connectivity index (χ0v) is 15.3. The van der Waals surface area contributed by atoms with Gasteiger partial charge in [0.2, 0.25) is 11.8 Å². The summed E-state index contributed by atoms with van der Waals surface area (Å²) in [6, 6.07) is -2.03. The number of carboxylic acid groups (broad SMARTS) is 1. The zero-order chi connectivity index (χ0) is 19.4. The molecule has 26 heavy (non-hydrogen) atoms. The minimum atomic E-state index is -1.08. The largest absolute Gasteiger partial charge is 0.480 e. The van der Waals surface area contributed by atoms with Gasteiger partial charge in [0.15, 0.2) is 0 Å². The first-order valence-electron chi connectivity index (χ1n) is 9.46. The Morgan fingerprint density at radius 1 is 1.00 bits per heavy atom. The van der Waals surface area contributed by atoms with E-state index in [1.165, 1.54) is 0 Å². The van der Waals surface area contributed by atoms with Crippen molar-refractivity contribution in [2.24, 2.45) is 11.5 Å². The van der Waals surface area contributed by atoms with Crippen LogP contribution in [0.1, 0.15) is 51.4 Å². The fraction of sp³-hybridized carbons (Fsp3) is 0.824. The summed E-state index contributed by atoms with van der Waals surface area (Å²) in [5, 5.41) is 17.7. The summed E-state index contributed by atoms with van der Waals surface area (Å²) in [4.78, 5) is 36.3. The lowest BCUT2D eigenvalue weighted by atomic mass is 10.1. The van der Waals surface area contributed by atoms with Crippen LogP contribution >= 0.6 is 0 Å². The molecule has 0 unspecified atom stereocenters. The number of rotatable bonds is 13. The van der Waals surface area contributed by atoms with Crippen molar-refractivity contribution in [3.05, 3.63) is 0 Å². The van der Waals surface area contributed by atoms with Gasteiger partial charge < -0.3 is 32.5 Å². The van der Waals surface area contributed by atoms with Crippen molar-refractivity contribution >= 4 is 17.8 Å². The maximum Gasteiger partial charge on any atom is 0.326 e. The third kappa shape index (κ3) is 8.11. The van der Waals surface area contributed by atoms with Crippen molar-refractivity contribution in [3.63, 3.8) is 0 Å². The van der Waals surface area contributed by atoms with Crippen LogP contribution in [0.2, 0.25) is 0 Å². The molecular weight excluding hydrogens is 338 g/mol. The van der Waals surface area contributed by atoms with Gasteiger partial charge in [-0.1, -0.05) is 0 Å². The second-order valence-corrected chi connectivity index (χ2v) is 6.68. The quantitative estimate of drug-likeness (QED) is 0.228. The lowest BCUT2D eigenvalue weighted by Crippen LogP contribution is -2.54. The maximum absolute atomic E-state index is 12.6. The maximum atomic E-state index is 12.6. The molecule has 1 aliphatic heterocycles. The first-order chi connectivity index (χ1) is 12.5. The number of carbonyl (C=O) groups is 3. The molecule has 1 rings (SSSR count). The van der Waals surface area contributed by atoms with Gasteiger partial charge >= 0.3 is 5.97 Å². The highest BCUT2D eigenvalue weighted by atomic mass is 16.4. The van der Waals surface area contributed by atoms with E-state index >= 15 is 0 Å². The normalized spacial score (nSPS) is 18.9. The molecule has 1 fully saturated rings. The molecule has 1 saturated heterocycles. The Kier molecular flexibility index (Phi) is 10.8. The highest BCUT2D eigenvalue weighted by Crippen LogP contribution is 2.08. The predicted octanol–water partition coefficient (Wildman–Crippen LogP) is -0.949. The van der Waals surface area contributed by atoms with E-state index in [1.54, 1.807) is 0 Å². The summed E-state index contributed by atoms with van der Waals surface area (Å²) in [5.74, 6) is -1.77. The molecule has 3 atom stereocenters. The molecule has 150 valence electrons.